The predicted octanol–water partition coefficient (Wildman–Crippen LogP) is 14.1. The zero-order chi connectivity index (χ0) is 64.5. The van der Waals surface area contributed by atoms with Crippen molar-refractivity contribution < 1.29 is 64.6 Å². The molecule has 0 radical (unpaired) electrons. The van der Waals surface area contributed by atoms with Gasteiger partial charge < -0.3 is 65.1 Å². The Kier molecular flexibility index (Phi) is 52.5. The van der Waals surface area contributed by atoms with E-state index >= 15 is 0 Å². The van der Waals surface area contributed by atoms with Crippen LogP contribution in [0.2, 0.25) is 0 Å². The minimum Gasteiger partial charge on any atom is -0.394 e. The minimum absolute atomic E-state index is 0.232. The summed E-state index contributed by atoms with van der Waals surface area (Å²) in [6.07, 6.45) is 70.3. The second-order valence-corrected chi connectivity index (χ2v) is 23.6. The number of nitrogens with one attached hydrogen (secondary N) is 1. The van der Waals surface area contributed by atoms with Crippen LogP contribution in [0.5, 0.6) is 0 Å². The van der Waals surface area contributed by atoms with Gasteiger partial charge in [-0.25, -0.2) is 0 Å². The highest BCUT2D eigenvalue weighted by Crippen LogP contribution is 2.30. The van der Waals surface area contributed by atoms with Gasteiger partial charge in [-0.2, -0.15) is 0 Å². The predicted molar refractivity (Wildman–Crippen MR) is 364 cm³/mol. The first-order valence-electron chi connectivity index (χ1n) is 34.6. The van der Waals surface area contributed by atoms with Gasteiger partial charge in [-0.1, -0.05) is 262 Å². The maximum Gasteiger partial charge on any atom is 0.220 e. The molecule has 2 rings (SSSR count). The fraction of sp³-hybridized carbons (Fsp3) is 0.667. The Morgan fingerprint density at radius 1 is 0.416 bits per heavy atom. The monoisotopic (exact) mass is 1250 g/mol. The molecule has 12 atom stereocenters. The summed E-state index contributed by atoms with van der Waals surface area (Å²) in [5.41, 5.74) is 0. The van der Waals surface area contributed by atoms with Crippen molar-refractivity contribution in [3.63, 3.8) is 0 Å². The minimum atomic E-state index is -1.80. The van der Waals surface area contributed by atoms with E-state index in [1.165, 1.54) is 83.5 Å². The third kappa shape index (κ3) is 41.9. The van der Waals surface area contributed by atoms with Crippen molar-refractivity contribution in [2.75, 3.05) is 19.8 Å². The lowest BCUT2D eigenvalue weighted by Gasteiger charge is -2.46. The first kappa shape index (κ1) is 81.0. The molecule has 0 bridgehead atoms. The van der Waals surface area contributed by atoms with Crippen LogP contribution in [0.25, 0.3) is 0 Å². The average Bonchev–Trinajstić information content (AvgIpc) is 1.44. The van der Waals surface area contributed by atoms with Gasteiger partial charge in [0, 0.05) is 6.42 Å². The molecule has 2 saturated heterocycles. The van der Waals surface area contributed by atoms with E-state index in [9.17, 15) is 45.6 Å². The third-order valence-electron chi connectivity index (χ3n) is 15.8. The Bertz CT molecular complexity index is 2050. The Morgan fingerprint density at radius 3 is 1.19 bits per heavy atom. The first-order chi connectivity index (χ1) is 43.6. The molecule has 0 aromatic carbocycles. The lowest BCUT2D eigenvalue weighted by Crippen LogP contribution is -2.65. The summed E-state index contributed by atoms with van der Waals surface area (Å²) in [6, 6.07) is -0.944. The zero-order valence-electron chi connectivity index (χ0n) is 54.9. The molecule has 506 valence electrons. The van der Waals surface area contributed by atoms with Crippen molar-refractivity contribution in [2.24, 2.45) is 0 Å². The molecule has 14 heteroatoms. The van der Waals surface area contributed by atoms with E-state index in [2.05, 4.69) is 153 Å². The van der Waals surface area contributed by atoms with Crippen LogP contribution in [-0.2, 0) is 23.7 Å². The molecule has 2 aliphatic rings. The zero-order valence-corrected chi connectivity index (χ0v) is 54.9. The SMILES string of the molecule is CC/C=C\C/C=C\C/C=C\C/C=C\C/C=C\C/C=C\C/C=C\C/C=C\C/C=C\C/C=C\C/C=C\CCCCCC(=O)NC(COC1OC(CO)C(OC2OC(CO)C(O)C(O)C2O)C(O)C1O)C(O)/C=C/CCCCCCCCCCCCCCCCCC. The van der Waals surface area contributed by atoms with Crippen LogP contribution in [-0.4, -0.2) is 140 Å². The quantitative estimate of drug-likeness (QED) is 0.0204. The summed E-state index contributed by atoms with van der Waals surface area (Å²) in [5, 5.41) is 87.3. The average molecular weight is 1250 g/mol. The molecule has 0 aromatic heterocycles. The smallest absolute Gasteiger partial charge is 0.220 e. The molecule has 0 aliphatic carbocycles. The fourth-order valence-electron chi connectivity index (χ4n) is 10.3. The lowest BCUT2D eigenvalue weighted by atomic mass is 9.97. The molecule has 0 spiro atoms. The van der Waals surface area contributed by atoms with Crippen LogP contribution in [0, 0.1) is 0 Å². The van der Waals surface area contributed by atoms with Gasteiger partial charge in [-0.15, -0.1) is 0 Å². The maximum absolute atomic E-state index is 13.3. The fourth-order valence-corrected chi connectivity index (χ4v) is 10.3. The summed E-state index contributed by atoms with van der Waals surface area (Å²) in [5.74, 6) is -0.276. The summed E-state index contributed by atoms with van der Waals surface area (Å²) in [4.78, 5) is 13.3. The molecular weight excluding hydrogens is 1120 g/mol. The molecular formula is C75H123NO13. The van der Waals surface area contributed by atoms with E-state index in [1.807, 2.05) is 6.08 Å². The highest BCUT2D eigenvalue weighted by atomic mass is 16.7. The molecule has 14 nitrogen and oxygen atoms in total. The largest absolute Gasteiger partial charge is 0.394 e. The van der Waals surface area contributed by atoms with Gasteiger partial charge in [0.2, 0.25) is 5.91 Å². The molecule has 2 heterocycles. The number of aliphatic hydroxyl groups is 8. The Hall–Kier alpha value is -4.13. The number of hydrogen-bond donors (Lipinski definition) is 9. The van der Waals surface area contributed by atoms with Gasteiger partial charge in [0.15, 0.2) is 12.6 Å². The first-order valence-corrected chi connectivity index (χ1v) is 34.6. The lowest BCUT2D eigenvalue weighted by molar-refractivity contribution is -0.359. The Morgan fingerprint density at radius 2 is 0.775 bits per heavy atom. The van der Waals surface area contributed by atoms with Crippen LogP contribution in [0.15, 0.2) is 146 Å². The van der Waals surface area contributed by atoms with Crippen molar-refractivity contribution in [3.05, 3.63) is 146 Å². The maximum atomic E-state index is 13.3. The topological polar surface area (TPSA) is 228 Å². The molecule has 12 unspecified atom stereocenters. The summed E-state index contributed by atoms with van der Waals surface area (Å²) in [7, 11) is 0. The molecule has 89 heavy (non-hydrogen) atoms. The number of rotatable bonds is 54. The summed E-state index contributed by atoms with van der Waals surface area (Å²) >= 11 is 0. The summed E-state index contributed by atoms with van der Waals surface area (Å²) in [6.45, 7) is 2.66. The van der Waals surface area contributed by atoms with Crippen LogP contribution in [0.4, 0.5) is 0 Å². The van der Waals surface area contributed by atoms with Crippen molar-refractivity contribution in [2.45, 2.75) is 299 Å². The number of carbonyl (C=O) groups is 1. The number of ether oxygens (including phenoxy) is 4. The number of unbranched alkanes of at least 4 members (excludes halogenated alkanes) is 19. The second-order valence-electron chi connectivity index (χ2n) is 23.6. The van der Waals surface area contributed by atoms with Gasteiger partial charge in [-0.3, -0.25) is 4.79 Å². The standard InChI is InChI=1S/C75H123NO13/c1-3-5-7-9-11-13-15-17-19-21-23-24-25-26-27-28-29-30-31-32-33-34-35-36-37-38-39-40-41-43-45-47-49-51-53-55-57-59-67(80)76-63(64(79)58-56-54-52-50-48-46-44-42-22-20-18-16-14-12-10-8-6-4-2)62-86-74-72(85)70(83)73(66(61-78)88-74)89-75-71(84)69(82)68(81)65(60-77)87-75/h5,7,11,13,17,19,23-24,26-27,29-30,32-33,35-36,38-39,41,43,47,49,56,58,63-66,68-75,77-79,81-85H,3-4,6,8-10,12,14-16,18,20-22,25,28,31,34,37,40,42,44-46,48,50-55,57,59-62H2,1-2H3,(H,76,80)/b7-5-,13-11-,19-17-,24-23-,27-26-,30-29-,33-32-,36-35-,39-38-,43-41-,49-47-,58-56+. The van der Waals surface area contributed by atoms with Gasteiger partial charge in [0.05, 0.1) is 32.0 Å². The Balaban J connectivity index is 1.70. The molecule has 9 N–H and O–H groups in total. The van der Waals surface area contributed by atoms with Gasteiger partial charge >= 0.3 is 0 Å². The highest BCUT2D eigenvalue weighted by molar-refractivity contribution is 5.76. The van der Waals surface area contributed by atoms with Gasteiger partial charge in [-0.05, 0) is 103 Å². The van der Waals surface area contributed by atoms with Crippen molar-refractivity contribution in [1.29, 1.82) is 0 Å². The number of amides is 1. The van der Waals surface area contributed by atoms with Crippen LogP contribution in [0.1, 0.15) is 226 Å². The molecule has 0 saturated carbocycles. The van der Waals surface area contributed by atoms with Crippen molar-refractivity contribution in [1.82, 2.24) is 5.32 Å². The Labute approximate surface area is 538 Å². The van der Waals surface area contributed by atoms with Crippen LogP contribution < -0.4 is 5.32 Å². The van der Waals surface area contributed by atoms with E-state index in [1.54, 1.807) is 6.08 Å². The van der Waals surface area contributed by atoms with Crippen molar-refractivity contribution in [3.8, 4) is 0 Å². The van der Waals surface area contributed by atoms with E-state index in [0.717, 1.165) is 116 Å². The number of carbonyl (C=O) groups excluding carboxylic acids is 1. The highest BCUT2D eigenvalue weighted by Gasteiger charge is 2.51. The summed E-state index contributed by atoms with van der Waals surface area (Å²) < 4.78 is 22.8. The van der Waals surface area contributed by atoms with E-state index in [-0.39, 0.29) is 18.9 Å². The molecule has 2 fully saturated rings. The normalized spacial score (nSPS) is 24.0. The molecule has 0 aromatic rings. The molecule has 1 amide bonds. The van der Waals surface area contributed by atoms with Crippen molar-refractivity contribution >= 4 is 5.91 Å². The van der Waals surface area contributed by atoms with Gasteiger partial charge in [0.25, 0.3) is 0 Å². The van der Waals surface area contributed by atoms with E-state index in [4.69, 9.17) is 18.9 Å². The van der Waals surface area contributed by atoms with Crippen LogP contribution in [0.3, 0.4) is 0 Å². The number of allylic oxidation sites excluding steroid dienone is 23. The van der Waals surface area contributed by atoms with Gasteiger partial charge in [0.1, 0.15) is 48.8 Å². The van der Waals surface area contributed by atoms with E-state index < -0.39 is 86.8 Å². The number of hydrogen-bond acceptors (Lipinski definition) is 13. The van der Waals surface area contributed by atoms with Crippen LogP contribution >= 0.6 is 0 Å². The number of aliphatic hydroxyl groups excluding tert-OH is 8. The van der Waals surface area contributed by atoms with E-state index in [0.29, 0.717) is 6.42 Å². The third-order valence-corrected chi connectivity index (χ3v) is 15.8. The second kappa shape index (κ2) is 57.7. The molecule has 2 aliphatic heterocycles.